The minimum absolute atomic E-state index is 0.0440. The normalized spacial score (nSPS) is 34.4. The van der Waals surface area contributed by atoms with Gasteiger partial charge in [-0.05, 0) is 25.7 Å². The summed E-state index contributed by atoms with van der Waals surface area (Å²) in [6.07, 6.45) is 3.49. The molecule has 0 bridgehead atoms. The van der Waals surface area contributed by atoms with Crippen molar-refractivity contribution >= 4 is 5.97 Å². The molecule has 0 aromatic heterocycles. The smallest absolute Gasteiger partial charge is 0.332 e. The second kappa shape index (κ2) is 5.61. The van der Waals surface area contributed by atoms with E-state index in [-0.39, 0.29) is 6.10 Å². The summed E-state index contributed by atoms with van der Waals surface area (Å²) >= 11 is 0. The van der Waals surface area contributed by atoms with Crippen LogP contribution < -0.4 is 5.32 Å². The van der Waals surface area contributed by atoms with Gasteiger partial charge >= 0.3 is 5.97 Å². The summed E-state index contributed by atoms with van der Waals surface area (Å²) < 4.78 is 10.9. The summed E-state index contributed by atoms with van der Waals surface area (Å²) in [4.78, 5) is 10.7. The van der Waals surface area contributed by atoms with E-state index < -0.39 is 12.1 Å². The van der Waals surface area contributed by atoms with E-state index >= 15 is 0 Å². The van der Waals surface area contributed by atoms with Crippen LogP contribution in [0.5, 0.6) is 0 Å². The highest BCUT2D eigenvalue weighted by Gasteiger charge is 2.30. The van der Waals surface area contributed by atoms with Gasteiger partial charge < -0.3 is 19.9 Å². The van der Waals surface area contributed by atoms with E-state index in [9.17, 15) is 4.79 Å². The standard InChI is InChI=1S/C11H19NO4/c13-11(14)10-4-3-9(16-10)7-12-6-8-2-1-5-15-8/h8-10,12H,1-7H2,(H,13,14). The molecule has 2 fully saturated rings. The van der Waals surface area contributed by atoms with Gasteiger partial charge in [-0.15, -0.1) is 0 Å². The van der Waals surface area contributed by atoms with Crippen molar-refractivity contribution in [3.8, 4) is 0 Å². The third kappa shape index (κ3) is 3.17. The summed E-state index contributed by atoms with van der Waals surface area (Å²) in [6, 6.07) is 0. The minimum Gasteiger partial charge on any atom is -0.479 e. The van der Waals surface area contributed by atoms with Crippen LogP contribution in [-0.2, 0) is 14.3 Å². The number of aliphatic carboxylic acids is 1. The summed E-state index contributed by atoms with van der Waals surface area (Å²) in [7, 11) is 0. The molecular weight excluding hydrogens is 210 g/mol. The van der Waals surface area contributed by atoms with Crippen molar-refractivity contribution in [1.29, 1.82) is 0 Å². The molecule has 5 heteroatoms. The van der Waals surface area contributed by atoms with Gasteiger partial charge in [-0.2, -0.15) is 0 Å². The molecule has 2 rings (SSSR count). The Hall–Kier alpha value is -0.650. The quantitative estimate of drug-likeness (QED) is 0.713. The molecule has 0 saturated carbocycles. The number of nitrogens with one attached hydrogen (secondary N) is 1. The highest BCUT2D eigenvalue weighted by molar-refractivity contribution is 5.72. The van der Waals surface area contributed by atoms with E-state index in [0.29, 0.717) is 12.5 Å². The Morgan fingerprint density at radius 2 is 2.06 bits per heavy atom. The molecule has 2 aliphatic rings. The van der Waals surface area contributed by atoms with Gasteiger partial charge in [0, 0.05) is 19.7 Å². The van der Waals surface area contributed by atoms with Crippen LogP contribution >= 0.6 is 0 Å². The molecule has 5 nitrogen and oxygen atoms in total. The van der Waals surface area contributed by atoms with Gasteiger partial charge in [0.1, 0.15) is 0 Å². The van der Waals surface area contributed by atoms with Gasteiger partial charge in [-0.25, -0.2) is 4.79 Å². The number of rotatable bonds is 5. The van der Waals surface area contributed by atoms with E-state index in [1.54, 1.807) is 0 Å². The zero-order valence-corrected chi connectivity index (χ0v) is 9.35. The van der Waals surface area contributed by atoms with Gasteiger partial charge in [0.15, 0.2) is 6.10 Å². The Kier molecular flexibility index (Phi) is 4.15. The highest BCUT2D eigenvalue weighted by Crippen LogP contribution is 2.19. The van der Waals surface area contributed by atoms with Gasteiger partial charge in [0.05, 0.1) is 12.2 Å². The molecule has 0 radical (unpaired) electrons. The van der Waals surface area contributed by atoms with Crippen LogP contribution in [0.2, 0.25) is 0 Å². The number of carboxylic acid groups (broad SMARTS) is 1. The lowest BCUT2D eigenvalue weighted by Gasteiger charge is -2.14. The number of ether oxygens (including phenoxy) is 2. The van der Waals surface area contributed by atoms with E-state index in [1.165, 1.54) is 0 Å². The van der Waals surface area contributed by atoms with Crippen LogP contribution in [0.1, 0.15) is 25.7 Å². The summed E-state index contributed by atoms with van der Waals surface area (Å²) in [5, 5.41) is 12.0. The fraction of sp³-hybridized carbons (Fsp3) is 0.909. The van der Waals surface area contributed by atoms with Crippen molar-refractivity contribution in [1.82, 2.24) is 5.32 Å². The van der Waals surface area contributed by atoms with Crippen molar-refractivity contribution in [3.05, 3.63) is 0 Å². The Morgan fingerprint density at radius 1 is 1.25 bits per heavy atom. The van der Waals surface area contributed by atoms with E-state index in [2.05, 4.69) is 5.32 Å². The predicted molar refractivity (Wildman–Crippen MR) is 57.4 cm³/mol. The first-order valence-corrected chi connectivity index (χ1v) is 5.96. The zero-order chi connectivity index (χ0) is 11.4. The van der Waals surface area contributed by atoms with E-state index in [0.717, 1.165) is 39.0 Å². The second-order valence-corrected chi connectivity index (χ2v) is 4.46. The Labute approximate surface area is 95.1 Å². The van der Waals surface area contributed by atoms with Crippen LogP contribution in [-0.4, -0.2) is 49.1 Å². The van der Waals surface area contributed by atoms with Gasteiger partial charge in [-0.3, -0.25) is 0 Å². The van der Waals surface area contributed by atoms with Crippen molar-refractivity contribution in [2.45, 2.75) is 44.0 Å². The lowest BCUT2D eigenvalue weighted by atomic mass is 10.2. The van der Waals surface area contributed by atoms with Crippen molar-refractivity contribution < 1.29 is 19.4 Å². The fourth-order valence-electron chi connectivity index (χ4n) is 2.25. The maximum atomic E-state index is 10.7. The van der Waals surface area contributed by atoms with Crippen molar-refractivity contribution in [3.63, 3.8) is 0 Å². The van der Waals surface area contributed by atoms with Crippen LogP contribution in [0.4, 0.5) is 0 Å². The maximum absolute atomic E-state index is 10.7. The molecule has 2 saturated heterocycles. The first-order valence-electron chi connectivity index (χ1n) is 5.96. The van der Waals surface area contributed by atoms with Crippen molar-refractivity contribution in [2.75, 3.05) is 19.7 Å². The first kappa shape index (κ1) is 11.8. The Bertz CT molecular complexity index is 240. The topological polar surface area (TPSA) is 67.8 Å². The number of hydrogen-bond donors (Lipinski definition) is 2. The van der Waals surface area contributed by atoms with Crippen LogP contribution in [0.25, 0.3) is 0 Å². The van der Waals surface area contributed by atoms with E-state index in [4.69, 9.17) is 14.6 Å². The number of carbonyl (C=O) groups is 1. The minimum atomic E-state index is -0.846. The number of carboxylic acids is 1. The highest BCUT2D eigenvalue weighted by atomic mass is 16.5. The molecule has 0 aromatic rings. The van der Waals surface area contributed by atoms with Gasteiger partial charge in [0.25, 0.3) is 0 Å². The average molecular weight is 229 g/mol. The second-order valence-electron chi connectivity index (χ2n) is 4.46. The molecule has 2 heterocycles. The molecule has 0 spiro atoms. The largest absolute Gasteiger partial charge is 0.479 e. The third-order valence-electron chi connectivity index (χ3n) is 3.15. The molecule has 16 heavy (non-hydrogen) atoms. The first-order chi connectivity index (χ1) is 7.75. The van der Waals surface area contributed by atoms with E-state index in [1.807, 2.05) is 0 Å². The molecular formula is C11H19NO4. The third-order valence-corrected chi connectivity index (χ3v) is 3.15. The monoisotopic (exact) mass is 229 g/mol. The Morgan fingerprint density at radius 3 is 2.69 bits per heavy atom. The molecule has 0 amide bonds. The van der Waals surface area contributed by atoms with Crippen LogP contribution in [0, 0.1) is 0 Å². The van der Waals surface area contributed by atoms with Crippen molar-refractivity contribution in [2.24, 2.45) is 0 Å². The molecule has 3 atom stereocenters. The molecule has 0 aromatic carbocycles. The molecule has 92 valence electrons. The zero-order valence-electron chi connectivity index (χ0n) is 9.35. The Balaban J connectivity index is 1.58. The summed E-state index contributed by atoms with van der Waals surface area (Å²) in [6.45, 7) is 2.44. The lowest BCUT2D eigenvalue weighted by Crippen LogP contribution is -2.33. The lowest BCUT2D eigenvalue weighted by molar-refractivity contribution is -0.149. The maximum Gasteiger partial charge on any atom is 0.332 e. The number of hydrogen-bond acceptors (Lipinski definition) is 4. The molecule has 2 aliphatic heterocycles. The molecule has 0 aliphatic carbocycles. The predicted octanol–water partition coefficient (Wildman–Crippen LogP) is 0.387. The molecule has 3 unspecified atom stereocenters. The molecule has 2 N–H and O–H groups in total. The SMILES string of the molecule is O=C(O)C1CCC(CNCC2CCCO2)O1. The summed E-state index contributed by atoms with van der Waals surface area (Å²) in [5.74, 6) is -0.846. The van der Waals surface area contributed by atoms with Crippen LogP contribution in [0.3, 0.4) is 0 Å². The van der Waals surface area contributed by atoms with Crippen LogP contribution in [0.15, 0.2) is 0 Å². The fourth-order valence-corrected chi connectivity index (χ4v) is 2.25. The van der Waals surface area contributed by atoms with Gasteiger partial charge in [-0.1, -0.05) is 0 Å². The average Bonchev–Trinajstić information content (AvgIpc) is 2.87. The summed E-state index contributed by atoms with van der Waals surface area (Å²) in [5.41, 5.74) is 0. The van der Waals surface area contributed by atoms with Gasteiger partial charge in [0.2, 0.25) is 0 Å².